The summed E-state index contributed by atoms with van der Waals surface area (Å²) in [5.41, 5.74) is 2.02. The molecule has 2 heterocycles. The molecule has 5 nitrogen and oxygen atoms in total. The summed E-state index contributed by atoms with van der Waals surface area (Å²) in [5.74, 6) is 0.849. The molecule has 0 aliphatic carbocycles. The summed E-state index contributed by atoms with van der Waals surface area (Å²) in [6, 6.07) is 11.8. The van der Waals surface area contributed by atoms with Gasteiger partial charge in [0.05, 0.1) is 17.1 Å². The van der Waals surface area contributed by atoms with Crippen LogP contribution in [0.15, 0.2) is 48.1 Å². The average molecular weight is 326 g/mol. The van der Waals surface area contributed by atoms with E-state index in [1.54, 1.807) is 11.0 Å². The molecule has 0 unspecified atom stereocenters. The van der Waals surface area contributed by atoms with Gasteiger partial charge in [-0.2, -0.15) is 0 Å². The highest BCUT2D eigenvalue weighted by molar-refractivity contribution is 7.12. The SMILES string of the molecule is CC(C)c1ccsc1C(=O)NCc1ncn(-c2ccccc2)n1. The molecule has 1 aromatic carbocycles. The van der Waals surface area contributed by atoms with Gasteiger partial charge in [0.2, 0.25) is 0 Å². The van der Waals surface area contributed by atoms with Crippen molar-refractivity contribution in [3.8, 4) is 5.69 Å². The zero-order valence-corrected chi connectivity index (χ0v) is 13.9. The molecule has 0 spiro atoms. The molecule has 0 atom stereocenters. The van der Waals surface area contributed by atoms with Crippen LogP contribution >= 0.6 is 11.3 Å². The maximum atomic E-state index is 12.3. The molecule has 0 saturated carbocycles. The number of aromatic nitrogens is 3. The molecule has 0 radical (unpaired) electrons. The Morgan fingerprint density at radius 3 is 2.78 bits per heavy atom. The highest BCUT2D eigenvalue weighted by Gasteiger charge is 2.15. The van der Waals surface area contributed by atoms with Gasteiger partial charge in [0.25, 0.3) is 5.91 Å². The van der Waals surface area contributed by atoms with E-state index in [4.69, 9.17) is 0 Å². The Bertz CT molecular complexity index is 792. The lowest BCUT2D eigenvalue weighted by molar-refractivity contribution is 0.0953. The molecule has 0 bridgehead atoms. The van der Waals surface area contributed by atoms with Gasteiger partial charge in [0.15, 0.2) is 5.82 Å². The van der Waals surface area contributed by atoms with Crippen LogP contribution in [0.1, 0.15) is 40.8 Å². The summed E-state index contributed by atoms with van der Waals surface area (Å²) in [4.78, 5) is 17.3. The third kappa shape index (κ3) is 3.48. The third-order valence-corrected chi connectivity index (χ3v) is 4.42. The van der Waals surface area contributed by atoms with Crippen molar-refractivity contribution in [3.63, 3.8) is 0 Å². The van der Waals surface area contributed by atoms with Crippen LogP contribution < -0.4 is 5.32 Å². The van der Waals surface area contributed by atoms with Crippen molar-refractivity contribution in [2.75, 3.05) is 0 Å². The van der Waals surface area contributed by atoms with Gasteiger partial charge in [-0.25, -0.2) is 9.67 Å². The molecule has 0 saturated heterocycles. The Balaban J connectivity index is 1.66. The van der Waals surface area contributed by atoms with E-state index >= 15 is 0 Å². The molecule has 2 aromatic heterocycles. The first-order valence-corrected chi connectivity index (χ1v) is 8.34. The fraction of sp³-hybridized carbons (Fsp3) is 0.235. The van der Waals surface area contributed by atoms with Crippen LogP contribution in [0.3, 0.4) is 0 Å². The molecule has 118 valence electrons. The number of nitrogens with one attached hydrogen (secondary N) is 1. The lowest BCUT2D eigenvalue weighted by Gasteiger charge is -2.07. The topological polar surface area (TPSA) is 59.8 Å². The lowest BCUT2D eigenvalue weighted by Crippen LogP contribution is -2.23. The minimum absolute atomic E-state index is 0.0697. The number of amides is 1. The van der Waals surface area contributed by atoms with E-state index in [0.29, 0.717) is 18.3 Å². The summed E-state index contributed by atoms with van der Waals surface area (Å²) in [7, 11) is 0. The van der Waals surface area contributed by atoms with Gasteiger partial charge in [0, 0.05) is 0 Å². The highest BCUT2D eigenvalue weighted by Crippen LogP contribution is 2.24. The second-order valence-corrected chi connectivity index (χ2v) is 6.40. The largest absolute Gasteiger partial charge is 0.344 e. The summed E-state index contributed by atoms with van der Waals surface area (Å²) >= 11 is 1.47. The number of carbonyl (C=O) groups is 1. The van der Waals surface area contributed by atoms with Crippen molar-refractivity contribution in [1.82, 2.24) is 20.1 Å². The Morgan fingerprint density at radius 2 is 2.04 bits per heavy atom. The van der Waals surface area contributed by atoms with E-state index in [1.807, 2.05) is 41.8 Å². The van der Waals surface area contributed by atoms with E-state index in [2.05, 4.69) is 29.2 Å². The Kier molecular flexibility index (Phi) is 4.52. The summed E-state index contributed by atoms with van der Waals surface area (Å²) in [6.07, 6.45) is 1.65. The van der Waals surface area contributed by atoms with Crippen molar-refractivity contribution in [2.24, 2.45) is 0 Å². The first-order valence-electron chi connectivity index (χ1n) is 7.46. The van der Waals surface area contributed by atoms with E-state index in [0.717, 1.165) is 16.1 Å². The Hall–Kier alpha value is -2.47. The predicted octanol–water partition coefficient (Wildman–Crippen LogP) is 3.38. The Labute approximate surface area is 139 Å². The highest BCUT2D eigenvalue weighted by atomic mass is 32.1. The number of benzene rings is 1. The molecule has 3 rings (SSSR count). The second kappa shape index (κ2) is 6.75. The first kappa shape index (κ1) is 15.4. The summed E-state index contributed by atoms with van der Waals surface area (Å²) < 4.78 is 1.70. The zero-order chi connectivity index (χ0) is 16.2. The molecule has 0 fully saturated rings. The number of thiophene rings is 1. The smallest absolute Gasteiger partial charge is 0.262 e. The van der Waals surface area contributed by atoms with Crippen LogP contribution in [0.25, 0.3) is 5.69 Å². The van der Waals surface area contributed by atoms with Gasteiger partial charge < -0.3 is 5.32 Å². The van der Waals surface area contributed by atoms with E-state index < -0.39 is 0 Å². The van der Waals surface area contributed by atoms with Crippen LogP contribution in [-0.4, -0.2) is 20.7 Å². The number of nitrogens with zero attached hydrogens (tertiary/aromatic N) is 3. The predicted molar refractivity (Wildman–Crippen MR) is 90.9 cm³/mol. The minimum Gasteiger partial charge on any atom is -0.344 e. The number of hydrogen-bond donors (Lipinski definition) is 1. The first-order chi connectivity index (χ1) is 11.1. The summed E-state index contributed by atoms with van der Waals surface area (Å²) in [5, 5.41) is 9.23. The lowest BCUT2D eigenvalue weighted by atomic mass is 10.0. The maximum Gasteiger partial charge on any atom is 0.262 e. The zero-order valence-electron chi connectivity index (χ0n) is 13.1. The summed E-state index contributed by atoms with van der Waals surface area (Å²) in [6.45, 7) is 4.48. The van der Waals surface area contributed by atoms with Crippen LogP contribution in [-0.2, 0) is 6.54 Å². The maximum absolute atomic E-state index is 12.3. The van der Waals surface area contributed by atoms with Gasteiger partial charge >= 0.3 is 0 Å². The van der Waals surface area contributed by atoms with Crippen LogP contribution in [0.5, 0.6) is 0 Å². The van der Waals surface area contributed by atoms with E-state index in [9.17, 15) is 4.79 Å². The van der Waals surface area contributed by atoms with Gasteiger partial charge in [-0.05, 0) is 35.1 Å². The van der Waals surface area contributed by atoms with Crippen molar-refractivity contribution in [3.05, 3.63) is 64.4 Å². The second-order valence-electron chi connectivity index (χ2n) is 5.48. The molecule has 0 aliphatic heterocycles. The monoisotopic (exact) mass is 326 g/mol. The molecule has 23 heavy (non-hydrogen) atoms. The van der Waals surface area contributed by atoms with Crippen molar-refractivity contribution >= 4 is 17.2 Å². The number of para-hydroxylation sites is 1. The molecule has 1 amide bonds. The third-order valence-electron chi connectivity index (χ3n) is 3.49. The molecular weight excluding hydrogens is 308 g/mol. The molecule has 1 N–H and O–H groups in total. The van der Waals surface area contributed by atoms with Crippen LogP contribution in [0.4, 0.5) is 0 Å². The van der Waals surface area contributed by atoms with E-state index in [-0.39, 0.29) is 5.91 Å². The fourth-order valence-electron chi connectivity index (χ4n) is 2.28. The number of hydrogen-bond acceptors (Lipinski definition) is 4. The van der Waals surface area contributed by atoms with E-state index in [1.165, 1.54) is 11.3 Å². The van der Waals surface area contributed by atoms with Gasteiger partial charge in [0.1, 0.15) is 6.33 Å². The number of carbonyl (C=O) groups excluding carboxylic acids is 1. The molecule has 6 heteroatoms. The number of rotatable bonds is 5. The van der Waals surface area contributed by atoms with Gasteiger partial charge in [-0.3, -0.25) is 4.79 Å². The van der Waals surface area contributed by atoms with Crippen LogP contribution in [0.2, 0.25) is 0 Å². The van der Waals surface area contributed by atoms with Crippen molar-refractivity contribution < 1.29 is 4.79 Å². The molecule has 0 aliphatic rings. The molecule has 3 aromatic rings. The standard InChI is InChI=1S/C17H18N4OS/c1-12(2)14-8-9-23-16(14)17(22)18-10-15-19-11-21(20-15)13-6-4-3-5-7-13/h3-9,11-12H,10H2,1-2H3,(H,18,22). The van der Waals surface area contributed by atoms with Crippen molar-refractivity contribution in [1.29, 1.82) is 0 Å². The fourth-order valence-corrected chi connectivity index (χ4v) is 3.25. The van der Waals surface area contributed by atoms with Crippen LogP contribution in [0, 0.1) is 0 Å². The van der Waals surface area contributed by atoms with Gasteiger partial charge in [-0.1, -0.05) is 32.0 Å². The molecular formula is C17H18N4OS. The van der Waals surface area contributed by atoms with Gasteiger partial charge in [-0.15, -0.1) is 16.4 Å². The van der Waals surface area contributed by atoms with Crippen molar-refractivity contribution in [2.45, 2.75) is 26.3 Å². The minimum atomic E-state index is -0.0697. The Morgan fingerprint density at radius 1 is 1.26 bits per heavy atom. The quantitative estimate of drug-likeness (QED) is 0.782. The average Bonchev–Trinajstić information content (AvgIpc) is 3.23. The normalized spacial score (nSPS) is 10.9.